The van der Waals surface area contributed by atoms with Crippen LogP contribution in [0.25, 0.3) is 22.0 Å². The smallest absolute Gasteiger partial charge is 0.350 e. The summed E-state index contributed by atoms with van der Waals surface area (Å²) < 4.78 is 15.8. The molecule has 0 aliphatic carbocycles. The van der Waals surface area contributed by atoms with E-state index in [4.69, 9.17) is 23.2 Å². The minimum absolute atomic E-state index is 0.00435. The molecule has 2 aliphatic heterocycles. The molecular weight excluding hydrogens is 572 g/mol. The van der Waals surface area contributed by atoms with Gasteiger partial charge in [-0.2, -0.15) is 4.98 Å². The molecule has 0 bridgehead atoms. The van der Waals surface area contributed by atoms with Gasteiger partial charge in [-0.15, -0.1) is 11.8 Å². The highest BCUT2D eigenvalue weighted by Gasteiger charge is 2.34. The molecule has 7 nitrogen and oxygen atoms in total. The molecule has 1 saturated heterocycles. The molecule has 3 heterocycles. The van der Waals surface area contributed by atoms with Gasteiger partial charge in [0.2, 0.25) is 5.91 Å². The number of carbonyl (C=O) groups is 1. The van der Waals surface area contributed by atoms with Gasteiger partial charge in [0.15, 0.2) is 0 Å². The van der Waals surface area contributed by atoms with Crippen LogP contribution in [0.3, 0.4) is 0 Å². The van der Waals surface area contributed by atoms with Crippen molar-refractivity contribution < 1.29 is 9.18 Å². The summed E-state index contributed by atoms with van der Waals surface area (Å²) in [5, 5.41) is 4.79. The van der Waals surface area contributed by atoms with E-state index in [0.717, 1.165) is 28.8 Å². The van der Waals surface area contributed by atoms with Crippen molar-refractivity contribution in [1.29, 1.82) is 0 Å². The quantitative estimate of drug-likeness (QED) is 0.370. The second kappa shape index (κ2) is 11.7. The fraction of sp³-hybridized carbons (Fsp3) is 0.414. The van der Waals surface area contributed by atoms with E-state index in [0.29, 0.717) is 47.4 Å². The number of aromatic nitrogens is 2. The van der Waals surface area contributed by atoms with Crippen molar-refractivity contribution in [2.24, 2.45) is 0 Å². The summed E-state index contributed by atoms with van der Waals surface area (Å²) in [5.74, 6) is 0.636. The molecular formula is C29H32Cl2FN5O2S. The number of benzene rings is 2. The maximum atomic E-state index is 14.1. The Balaban J connectivity index is 1.71. The molecule has 212 valence electrons. The van der Waals surface area contributed by atoms with Gasteiger partial charge in [0.25, 0.3) is 0 Å². The lowest BCUT2D eigenvalue weighted by molar-refractivity contribution is -0.130. The molecule has 1 aromatic heterocycles. The summed E-state index contributed by atoms with van der Waals surface area (Å²) in [6, 6.07) is 6.23. The fourth-order valence-corrected chi connectivity index (χ4v) is 7.67. The molecule has 2 aromatic carbocycles. The second-order valence-corrected chi connectivity index (χ2v) is 12.3. The molecule has 1 unspecified atom stereocenters. The Hall–Kier alpha value is -2.59. The largest absolute Gasteiger partial charge is 0.352 e. The molecule has 0 saturated carbocycles. The molecule has 11 heteroatoms. The van der Waals surface area contributed by atoms with Crippen LogP contribution >= 0.6 is 35.0 Å². The molecule has 1 N–H and O–H groups in total. The molecule has 1 fully saturated rings. The molecule has 5 rings (SSSR count). The number of anilines is 1. The fourth-order valence-electron chi connectivity index (χ4n) is 5.80. The van der Waals surface area contributed by atoms with E-state index < -0.39 is 5.82 Å². The first-order valence-corrected chi connectivity index (χ1v) is 15.2. The first kappa shape index (κ1) is 28.9. The predicted molar refractivity (Wildman–Crippen MR) is 162 cm³/mol. The third-order valence-electron chi connectivity index (χ3n) is 7.52. The average molecular weight is 605 g/mol. The van der Waals surface area contributed by atoms with Gasteiger partial charge in [0, 0.05) is 59.4 Å². The molecule has 40 heavy (non-hydrogen) atoms. The molecule has 0 spiro atoms. The van der Waals surface area contributed by atoms with Crippen LogP contribution in [0.4, 0.5) is 10.2 Å². The Kier molecular flexibility index (Phi) is 8.47. The van der Waals surface area contributed by atoms with Crippen molar-refractivity contribution in [3.05, 3.63) is 63.3 Å². The van der Waals surface area contributed by atoms with Gasteiger partial charge >= 0.3 is 5.69 Å². The van der Waals surface area contributed by atoms with Gasteiger partial charge in [-0.05, 0) is 56.7 Å². The van der Waals surface area contributed by atoms with Gasteiger partial charge in [-0.1, -0.05) is 42.8 Å². The van der Waals surface area contributed by atoms with Crippen LogP contribution in [-0.4, -0.2) is 63.9 Å². The molecule has 2 aliphatic rings. The van der Waals surface area contributed by atoms with Gasteiger partial charge in [-0.25, -0.2) is 9.18 Å². The van der Waals surface area contributed by atoms with Crippen molar-refractivity contribution in [1.82, 2.24) is 19.8 Å². The lowest BCUT2D eigenvalue weighted by Gasteiger charge is -2.44. The minimum atomic E-state index is -0.509. The Labute approximate surface area is 247 Å². The lowest BCUT2D eigenvalue weighted by atomic mass is 10.0. The molecule has 1 amide bonds. The lowest BCUT2D eigenvalue weighted by Crippen LogP contribution is -2.58. The normalized spacial score (nSPS) is 21.0. The Morgan fingerprint density at radius 1 is 1.20 bits per heavy atom. The first-order chi connectivity index (χ1) is 19.1. The van der Waals surface area contributed by atoms with Gasteiger partial charge in [0.1, 0.15) is 11.6 Å². The number of nitrogens with one attached hydrogen (secondary N) is 1. The number of carbonyl (C=O) groups excluding carboxylic acids is 1. The second-order valence-electron chi connectivity index (χ2n) is 10.4. The first-order valence-electron chi connectivity index (χ1n) is 13.4. The number of hydrogen-bond donors (Lipinski definition) is 1. The van der Waals surface area contributed by atoms with E-state index in [1.165, 1.54) is 12.1 Å². The summed E-state index contributed by atoms with van der Waals surface area (Å²) in [7, 11) is 0. The monoisotopic (exact) mass is 603 g/mol. The zero-order valence-corrected chi connectivity index (χ0v) is 25.0. The van der Waals surface area contributed by atoms with E-state index in [2.05, 4.69) is 28.7 Å². The van der Waals surface area contributed by atoms with E-state index in [1.807, 2.05) is 24.8 Å². The zero-order chi connectivity index (χ0) is 28.7. The minimum Gasteiger partial charge on any atom is -0.352 e. The summed E-state index contributed by atoms with van der Waals surface area (Å²) in [4.78, 5) is 35.5. The van der Waals surface area contributed by atoms with Crippen molar-refractivity contribution in [2.45, 2.75) is 56.8 Å². The third-order valence-corrected chi connectivity index (χ3v) is 9.36. The number of rotatable bonds is 6. The van der Waals surface area contributed by atoms with Gasteiger partial charge in [-0.3, -0.25) is 9.36 Å². The SMILES string of the molecule is C=CC(=O)N1[C@H](C)CN(c2nc(=O)n3c4c(c(-c5ccc(F)c(Cl)c5)c(Cl)cc24)SCC(NCCC)C3)C[C@@H]1C. The summed E-state index contributed by atoms with van der Waals surface area (Å²) in [6.07, 6.45) is 2.31. The van der Waals surface area contributed by atoms with E-state index in [9.17, 15) is 14.0 Å². The van der Waals surface area contributed by atoms with Crippen LogP contribution in [0.2, 0.25) is 10.0 Å². The molecule has 3 atom stereocenters. The zero-order valence-electron chi connectivity index (χ0n) is 22.7. The van der Waals surface area contributed by atoms with Crippen LogP contribution in [0.1, 0.15) is 27.2 Å². The Bertz CT molecular complexity index is 1540. The van der Waals surface area contributed by atoms with E-state index in [-0.39, 0.29) is 34.7 Å². The summed E-state index contributed by atoms with van der Waals surface area (Å²) in [5.41, 5.74) is 1.80. The number of nitrogens with zero attached hydrogens (tertiary/aromatic N) is 4. The van der Waals surface area contributed by atoms with Crippen LogP contribution in [0, 0.1) is 5.82 Å². The van der Waals surface area contributed by atoms with Crippen LogP contribution in [0.15, 0.2) is 46.6 Å². The number of halogens is 3. The maximum Gasteiger partial charge on any atom is 0.350 e. The van der Waals surface area contributed by atoms with Crippen LogP contribution in [-0.2, 0) is 11.3 Å². The van der Waals surface area contributed by atoms with Gasteiger partial charge in [0.05, 0.1) is 15.6 Å². The number of amides is 1. The topological polar surface area (TPSA) is 70.5 Å². The highest BCUT2D eigenvalue weighted by atomic mass is 35.5. The third kappa shape index (κ3) is 5.24. The van der Waals surface area contributed by atoms with Crippen molar-refractivity contribution in [3.63, 3.8) is 0 Å². The van der Waals surface area contributed by atoms with Crippen molar-refractivity contribution in [2.75, 3.05) is 30.3 Å². The highest BCUT2D eigenvalue weighted by molar-refractivity contribution is 7.99. The molecule has 0 radical (unpaired) electrons. The number of hydrogen-bond acceptors (Lipinski definition) is 6. The highest BCUT2D eigenvalue weighted by Crippen LogP contribution is 2.46. The number of piperazine rings is 1. The Morgan fingerprint density at radius 2 is 1.93 bits per heavy atom. The van der Waals surface area contributed by atoms with Crippen molar-refractivity contribution >= 4 is 57.6 Å². The Morgan fingerprint density at radius 3 is 2.58 bits per heavy atom. The standard InChI is InChI=1S/C29H32Cl2FN5O2S/c1-5-9-33-19-14-36-26-20(11-22(31)25(27(26)40-15-19)18-7-8-23(32)21(30)10-18)28(34-29(36)39)35-12-16(3)37(17(4)13-35)24(38)6-2/h6-8,10-11,16-17,19,33H,2,5,9,12-15H2,1,3-4H3/t16-,17+,19?. The van der Waals surface area contributed by atoms with Crippen molar-refractivity contribution in [3.8, 4) is 11.1 Å². The maximum absolute atomic E-state index is 14.1. The van der Waals surface area contributed by atoms with E-state index >= 15 is 0 Å². The average Bonchev–Trinajstić information content (AvgIpc) is 3.11. The van der Waals surface area contributed by atoms with Crippen LogP contribution < -0.4 is 15.9 Å². The van der Waals surface area contributed by atoms with Gasteiger partial charge < -0.3 is 15.1 Å². The summed E-state index contributed by atoms with van der Waals surface area (Å²) >= 11 is 14.8. The summed E-state index contributed by atoms with van der Waals surface area (Å²) in [6.45, 7) is 12.0. The predicted octanol–water partition coefficient (Wildman–Crippen LogP) is 5.59. The van der Waals surface area contributed by atoms with E-state index in [1.54, 1.807) is 28.5 Å². The number of thioether (sulfide) groups is 1. The molecule has 3 aromatic rings. The van der Waals surface area contributed by atoms with Crippen LogP contribution in [0.5, 0.6) is 0 Å².